The summed E-state index contributed by atoms with van der Waals surface area (Å²) in [7, 11) is 0. The molecule has 4 rings (SSSR count). The van der Waals surface area contributed by atoms with Gasteiger partial charge in [-0.15, -0.1) is 11.3 Å². The quantitative estimate of drug-likeness (QED) is 0.527. The zero-order valence-corrected chi connectivity index (χ0v) is 15.4. The van der Waals surface area contributed by atoms with E-state index in [9.17, 15) is 14.7 Å². The van der Waals surface area contributed by atoms with Crippen molar-refractivity contribution in [3.8, 4) is 11.1 Å². The zero-order chi connectivity index (χ0) is 19.0. The number of pyridine rings is 3. The van der Waals surface area contributed by atoms with E-state index >= 15 is 0 Å². The molecule has 8 heteroatoms. The van der Waals surface area contributed by atoms with Crippen LogP contribution < -0.4 is 5.43 Å². The summed E-state index contributed by atoms with van der Waals surface area (Å²) in [5.74, 6) is -1.23. The molecule has 4 heterocycles. The van der Waals surface area contributed by atoms with Crippen LogP contribution in [0.2, 0.25) is 5.15 Å². The maximum absolute atomic E-state index is 12.2. The monoisotopic (exact) mass is 397 g/mol. The lowest BCUT2D eigenvalue weighted by molar-refractivity contribution is 0.0695. The van der Waals surface area contributed by atoms with Gasteiger partial charge < -0.3 is 9.67 Å². The Morgan fingerprint density at radius 3 is 2.74 bits per heavy atom. The molecule has 0 radical (unpaired) electrons. The van der Waals surface area contributed by atoms with Crippen LogP contribution in [0.4, 0.5) is 0 Å². The van der Waals surface area contributed by atoms with Gasteiger partial charge in [-0.3, -0.25) is 9.78 Å². The van der Waals surface area contributed by atoms with E-state index in [0.717, 1.165) is 16.8 Å². The minimum Gasteiger partial charge on any atom is -0.477 e. The number of aromatic nitrogens is 3. The van der Waals surface area contributed by atoms with E-state index < -0.39 is 11.4 Å². The van der Waals surface area contributed by atoms with Gasteiger partial charge in [0.2, 0.25) is 5.43 Å². The molecule has 0 fully saturated rings. The van der Waals surface area contributed by atoms with Gasteiger partial charge >= 0.3 is 5.97 Å². The lowest BCUT2D eigenvalue weighted by Gasteiger charge is -2.10. The molecule has 0 saturated carbocycles. The number of thiophene rings is 1. The average molecular weight is 398 g/mol. The van der Waals surface area contributed by atoms with Gasteiger partial charge in [0, 0.05) is 24.2 Å². The van der Waals surface area contributed by atoms with Gasteiger partial charge in [0.05, 0.1) is 22.5 Å². The predicted molar refractivity (Wildman–Crippen MR) is 105 cm³/mol. The summed E-state index contributed by atoms with van der Waals surface area (Å²) in [6.45, 7) is 0.352. The third-order valence-corrected chi connectivity index (χ3v) is 5.25. The van der Waals surface area contributed by atoms with Crippen molar-refractivity contribution < 1.29 is 9.90 Å². The van der Waals surface area contributed by atoms with Gasteiger partial charge in [-0.25, -0.2) is 9.78 Å². The van der Waals surface area contributed by atoms with E-state index in [2.05, 4.69) is 9.97 Å². The first kappa shape index (κ1) is 17.4. The number of halogens is 1. The van der Waals surface area contributed by atoms with Crippen LogP contribution in [-0.4, -0.2) is 25.6 Å². The normalized spacial score (nSPS) is 11.0. The molecule has 0 bridgehead atoms. The summed E-state index contributed by atoms with van der Waals surface area (Å²) >= 11 is 7.16. The Balaban J connectivity index is 1.70. The standard InChI is InChI=1S/C19H12ClN3O3S/c20-16-7-11(3-5-21-16)12-1-2-13(22-8-12)9-23-10-14(19(25)26)17(24)18-15(23)4-6-27-18/h1-8,10H,9H2,(H,25,26). The second kappa shape index (κ2) is 6.94. The molecule has 27 heavy (non-hydrogen) atoms. The molecule has 0 aliphatic heterocycles. The second-order valence-corrected chi connectivity index (χ2v) is 7.15. The van der Waals surface area contributed by atoms with Crippen LogP contribution in [-0.2, 0) is 6.54 Å². The highest BCUT2D eigenvalue weighted by molar-refractivity contribution is 7.17. The van der Waals surface area contributed by atoms with Gasteiger partial charge in [-0.05, 0) is 35.2 Å². The highest BCUT2D eigenvalue weighted by Crippen LogP contribution is 2.22. The number of carboxylic acid groups (broad SMARTS) is 1. The van der Waals surface area contributed by atoms with Crippen molar-refractivity contribution in [1.29, 1.82) is 0 Å². The Labute approximate surface area is 162 Å². The number of carbonyl (C=O) groups is 1. The maximum atomic E-state index is 12.2. The molecule has 0 aliphatic rings. The van der Waals surface area contributed by atoms with E-state index in [4.69, 9.17) is 11.6 Å². The molecule has 0 amide bonds. The Bertz CT molecular complexity index is 1220. The van der Waals surface area contributed by atoms with E-state index in [1.54, 1.807) is 34.5 Å². The van der Waals surface area contributed by atoms with Crippen LogP contribution in [0.3, 0.4) is 0 Å². The Morgan fingerprint density at radius 2 is 2.04 bits per heavy atom. The molecule has 0 saturated heterocycles. The molecule has 6 nitrogen and oxygen atoms in total. The highest BCUT2D eigenvalue weighted by atomic mass is 35.5. The van der Waals surface area contributed by atoms with Crippen LogP contribution in [0, 0.1) is 0 Å². The fourth-order valence-corrected chi connectivity index (χ4v) is 3.86. The molecule has 0 atom stereocenters. The third kappa shape index (κ3) is 3.34. The molecule has 4 aromatic heterocycles. The van der Waals surface area contributed by atoms with Crippen LogP contribution in [0.1, 0.15) is 16.1 Å². The first-order chi connectivity index (χ1) is 13.0. The second-order valence-electron chi connectivity index (χ2n) is 5.85. The number of fused-ring (bicyclic) bond motifs is 1. The van der Waals surface area contributed by atoms with E-state index in [1.807, 2.05) is 18.2 Å². The number of rotatable bonds is 4. The summed E-state index contributed by atoms with van der Waals surface area (Å²) in [6.07, 6.45) is 4.73. The van der Waals surface area contributed by atoms with Gasteiger partial charge in [0.15, 0.2) is 0 Å². The number of hydrogen-bond donors (Lipinski definition) is 1. The Kier molecular flexibility index (Phi) is 4.47. The minimum atomic E-state index is -1.23. The van der Waals surface area contributed by atoms with Gasteiger partial charge in [0.25, 0.3) is 0 Å². The molecular weight excluding hydrogens is 386 g/mol. The first-order valence-electron chi connectivity index (χ1n) is 7.94. The molecule has 0 unspecified atom stereocenters. The van der Waals surface area contributed by atoms with Crippen LogP contribution in [0.5, 0.6) is 0 Å². The molecular formula is C19H12ClN3O3S. The van der Waals surface area contributed by atoms with Crippen LogP contribution >= 0.6 is 22.9 Å². The van der Waals surface area contributed by atoms with E-state index in [0.29, 0.717) is 21.9 Å². The van der Waals surface area contributed by atoms with Crippen molar-refractivity contribution in [3.05, 3.63) is 80.9 Å². The summed E-state index contributed by atoms with van der Waals surface area (Å²) in [5, 5.41) is 11.5. The van der Waals surface area contributed by atoms with Crippen molar-refractivity contribution in [2.75, 3.05) is 0 Å². The van der Waals surface area contributed by atoms with Gasteiger partial charge in [0.1, 0.15) is 10.7 Å². The summed E-state index contributed by atoms with van der Waals surface area (Å²) in [4.78, 5) is 32.1. The van der Waals surface area contributed by atoms with Crippen molar-refractivity contribution in [1.82, 2.24) is 14.5 Å². The smallest absolute Gasteiger partial charge is 0.341 e. The number of hydrogen-bond acceptors (Lipinski definition) is 5. The lowest BCUT2D eigenvalue weighted by Crippen LogP contribution is -2.18. The summed E-state index contributed by atoms with van der Waals surface area (Å²) in [6, 6.07) is 9.19. The van der Waals surface area contributed by atoms with Crippen molar-refractivity contribution in [2.45, 2.75) is 6.54 Å². The molecule has 1 N–H and O–H groups in total. The molecule has 4 aromatic rings. The summed E-state index contributed by atoms with van der Waals surface area (Å²) in [5.41, 5.74) is 2.54. The van der Waals surface area contributed by atoms with Crippen molar-refractivity contribution in [2.24, 2.45) is 0 Å². The first-order valence-corrected chi connectivity index (χ1v) is 9.19. The van der Waals surface area contributed by atoms with Crippen LogP contribution in [0.25, 0.3) is 21.3 Å². The lowest BCUT2D eigenvalue weighted by atomic mass is 10.1. The SMILES string of the molecule is O=C(O)c1cn(Cc2ccc(-c3ccnc(Cl)c3)cn2)c2ccsc2c1=O. The predicted octanol–water partition coefficient (Wildman–Crippen LogP) is 3.92. The summed E-state index contributed by atoms with van der Waals surface area (Å²) < 4.78 is 2.17. The Morgan fingerprint density at radius 1 is 1.19 bits per heavy atom. The number of aromatic carboxylic acids is 1. The van der Waals surface area contributed by atoms with Crippen molar-refractivity contribution in [3.63, 3.8) is 0 Å². The van der Waals surface area contributed by atoms with Crippen molar-refractivity contribution >= 4 is 39.1 Å². The van der Waals surface area contributed by atoms with E-state index in [-0.39, 0.29) is 5.56 Å². The molecule has 0 aliphatic carbocycles. The van der Waals surface area contributed by atoms with Gasteiger partial charge in [-0.1, -0.05) is 17.7 Å². The fraction of sp³-hybridized carbons (Fsp3) is 0.0526. The molecule has 0 spiro atoms. The van der Waals surface area contributed by atoms with E-state index in [1.165, 1.54) is 17.5 Å². The number of carboxylic acids is 1. The van der Waals surface area contributed by atoms with Crippen LogP contribution in [0.15, 0.2) is 59.1 Å². The highest BCUT2D eigenvalue weighted by Gasteiger charge is 2.15. The topological polar surface area (TPSA) is 85.1 Å². The largest absolute Gasteiger partial charge is 0.477 e. The van der Waals surface area contributed by atoms with Gasteiger partial charge in [-0.2, -0.15) is 0 Å². The third-order valence-electron chi connectivity index (χ3n) is 4.14. The molecule has 134 valence electrons. The zero-order valence-electron chi connectivity index (χ0n) is 13.8. The fourth-order valence-electron chi connectivity index (χ4n) is 2.83. The minimum absolute atomic E-state index is 0.243. The Hall–Kier alpha value is -3.03. The maximum Gasteiger partial charge on any atom is 0.341 e. The average Bonchev–Trinajstić information content (AvgIpc) is 3.15. The molecule has 0 aromatic carbocycles. The number of nitrogens with zero attached hydrogens (tertiary/aromatic N) is 3.